The van der Waals surface area contributed by atoms with Crippen molar-refractivity contribution in [2.75, 3.05) is 13.7 Å². The summed E-state index contributed by atoms with van der Waals surface area (Å²) < 4.78 is 5.27. The number of hydrogen-bond acceptors (Lipinski definition) is 3. The molecule has 3 nitrogen and oxygen atoms in total. The molecule has 1 atom stereocenters. The molecule has 0 aromatic heterocycles. The molecular weight excluding hydrogens is 272 g/mol. The van der Waals surface area contributed by atoms with Crippen molar-refractivity contribution in [1.82, 2.24) is 0 Å². The molecule has 0 aliphatic rings. The van der Waals surface area contributed by atoms with Gasteiger partial charge in [0, 0.05) is 5.02 Å². The second kappa shape index (κ2) is 6.27. The van der Waals surface area contributed by atoms with Crippen molar-refractivity contribution in [2.45, 2.75) is 12.0 Å². The van der Waals surface area contributed by atoms with Crippen molar-refractivity contribution in [3.8, 4) is 5.75 Å². The molecule has 0 amide bonds. The normalized spacial score (nSPS) is 13.8. The van der Waals surface area contributed by atoms with Crippen LogP contribution in [0.5, 0.6) is 5.75 Å². The first-order valence-corrected chi connectivity index (χ1v) is 6.87. The summed E-state index contributed by atoms with van der Waals surface area (Å²) in [6.45, 7) is 0.486. The van der Waals surface area contributed by atoms with Crippen molar-refractivity contribution < 1.29 is 4.74 Å². The Hall–Kier alpha value is -1.55. The van der Waals surface area contributed by atoms with Crippen molar-refractivity contribution in [2.24, 2.45) is 11.5 Å². The van der Waals surface area contributed by atoms with E-state index in [1.165, 1.54) is 0 Å². The molecule has 106 valence electrons. The molecule has 0 aliphatic carbocycles. The van der Waals surface area contributed by atoms with E-state index in [1.54, 1.807) is 7.11 Å². The minimum Gasteiger partial charge on any atom is -0.497 e. The lowest BCUT2D eigenvalue weighted by atomic mass is 9.81. The number of halogens is 1. The minimum atomic E-state index is -0.672. The molecule has 0 spiro atoms. The van der Waals surface area contributed by atoms with Crippen LogP contribution in [0.2, 0.25) is 5.02 Å². The summed E-state index contributed by atoms with van der Waals surface area (Å²) in [7, 11) is 1.64. The van der Waals surface area contributed by atoms with Crippen LogP contribution in [-0.4, -0.2) is 13.7 Å². The first-order chi connectivity index (χ1) is 9.60. The van der Waals surface area contributed by atoms with Crippen LogP contribution in [0.1, 0.15) is 17.5 Å². The van der Waals surface area contributed by atoms with Gasteiger partial charge in [-0.3, -0.25) is 0 Å². The Morgan fingerprint density at radius 2 is 1.75 bits per heavy atom. The molecule has 2 rings (SSSR count). The van der Waals surface area contributed by atoms with E-state index in [-0.39, 0.29) is 0 Å². The molecule has 0 aliphatic heterocycles. The average molecular weight is 291 g/mol. The zero-order chi connectivity index (χ0) is 14.6. The summed E-state index contributed by atoms with van der Waals surface area (Å²) in [5.74, 6) is 0.774. The van der Waals surface area contributed by atoms with Gasteiger partial charge in [-0.1, -0.05) is 35.9 Å². The number of benzene rings is 2. The average Bonchev–Trinajstić information content (AvgIpc) is 2.47. The molecule has 0 bridgehead atoms. The third-order valence-corrected chi connectivity index (χ3v) is 3.70. The zero-order valence-electron chi connectivity index (χ0n) is 11.5. The van der Waals surface area contributed by atoms with E-state index in [2.05, 4.69) is 0 Å². The maximum atomic E-state index is 6.65. The van der Waals surface area contributed by atoms with Gasteiger partial charge in [0.2, 0.25) is 0 Å². The molecule has 2 aromatic carbocycles. The van der Waals surface area contributed by atoms with Gasteiger partial charge in [0.1, 0.15) is 5.75 Å². The molecule has 0 unspecified atom stereocenters. The molecular formula is C16H19ClN2O. The van der Waals surface area contributed by atoms with Crippen LogP contribution in [-0.2, 0) is 5.54 Å². The Kier molecular flexibility index (Phi) is 4.65. The maximum Gasteiger partial charge on any atom is 0.119 e. The van der Waals surface area contributed by atoms with Gasteiger partial charge < -0.3 is 16.2 Å². The van der Waals surface area contributed by atoms with Crippen molar-refractivity contribution >= 4 is 11.6 Å². The Morgan fingerprint density at radius 3 is 2.35 bits per heavy atom. The minimum absolute atomic E-state index is 0.486. The lowest BCUT2D eigenvalue weighted by molar-refractivity contribution is 0.411. The third kappa shape index (κ3) is 2.96. The predicted octanol–water partition coefficient (Wildman–Crippen LogP) is 2.90. The summed E-state index contributed by atoms with van der Waals surface area (Å²) in [5.41, 5.74) is 13.6. The fourth-order valence-corrected chi connectivity index (χ4v) is 2.54. The largest absolute Gasteiger partial charge is 0.497 e. The SMILES string of the molecule is COc1cccc([C@@](N)(CCN)c2cccc(Cl)c2)c1. The fourth-order valence-electron chi connectivity index (χ4n) is 2.35. The first-order valence-electron chi connectivity index (χ1n) is 6.49. The van der Waals surface area contributed by atoms with E-state index in [4.69, 9.17) is 27.8 Å². The Balaban J connectivity index is 2.53. The summed E-state index contributed by atoms with van der Waals surface area (Å²) in [5, 5.41) is 0.664. The predicted molar refractivity (Wildman–Crippen MR) is 83.1 cm³/mol. The van der Waals surface area contributed by atoms with Crippen LogP contribution in [0.3, 0.4) is 0 Å². The van der Waals surface area contributed by atoms with Gasteiger partial charge in [0.05, 0.1) is 12.6 Å². The maximum absolute atomic E-state index is 6.65. The molecule has 0 saturated carbocycles. The molecule has 0 fully saturated rings. The molecule has 0 saturated heterocycles. The van der Waals surface area contributed by atoms with E-state index in [1.807, 2.05) is 48.5 Å². The van der Waals surface area contributed by atoms with Gasteiger partial charge in [0.25, 0.3) is 0 Å². The van der Waals surface area contributed by atoms with E-state index < -0.39 is 5.54 Å². The first kappa shape index (κ1) is 14.9. The number of ether oxygens (including phenoxy) is 1. The van der Waals surface area contributed by atoms with Gasteiger partial charge in [-0.25, -0.2) is 0 Å². The van der Waals surface area contributed by atoms with Crippen LogP contribution in [0, 0.1) is 0 Å². The van der Waals surface area contributed by atoms with Crippen LogP contribution >= 0.6 is 11.6 Å². The highest BCUT2D eigenvalue weighted by Gasteiger charge is 2.29. The molecule has 0 radical (unpaired) electrons. The van der Waals surface area contributed by atoms with Gasteiger partial charge in [-0.05, 0) is 48.4 Å². The summed E-state index contributed by atoms with van der Waals surface area (Å²) in [6, 6.07) is 15.3. The fraction of sp³-hybridized carbons (Fsp3) is 0.250. The molecule has 20 heavy (non-hydrogen) atoms. The quantitative estimate of drug-likeness (QED) is 0.890. The second-order valence-corrected chi connectivity index (χ2v) is 5.19. The van der Waals surface area contributed by atoms with E-state index in [0.717, 1.165) is 16.9 Å². The zero-order valence-corrected chi connectivity index (χ0v) is 12.2. The van der Waals surface area contributed by atoms with Gasteiger partial charge in [-0.15, -0.1) is 0 Å². The number of nitrogens with two attached hydrogens (primary N) is 2. The molecule has 4 N–H and O–H groups in total. The molecule has 0 heterocycles. The van der Waals surface area contributed by atoms with Gasteiger partial charge in [0.15, 0.2) is 0 Å². The van der Waals surface area contributed by atoms with Crippen molar-refractivity contribution in [3.63, 3.8) is 0 Å². The number of rotatable bonds is 5. The van der Waals surface area contributed by atoms with Gasteiger partial charge in [-0.2, -0.15) is 0 Å². The summed E-state index contributed by atoms with van der Waals surface area (Å²) >= 11 is 6.09. The monoisotopic (exact) mass is 290 g/mol. The third-order valence-electron chi connectivity index (χ3n) is 3.46. The Labute approximate surface area is 124 Å². The lowest BCUT2D eigenvalue weighted by Gasteiger charge is -2.31. The standard InChI is InChI=1S/C16H19ClN2O/c1-20-15-7-3-5-13(11-15)16(19,8-9-18)12-4-2-6-14(17)10-12/h2-7,10-11H,8-9,18-19H2,1H3/t16-/m1/s1. The number of hydrogen-bond donors (Lipinski definition) is 2. The second-order valence-electron chi connectivity index (χ2n) is 4.75. The Bertz CT molecular complexity index is 588. The molecule has 4 heteroatoms. The summed E-state index contributed by atoms with van der Waals surface area (Å²) in [4.78, 5) is 0. The van der Waals surface area contributed by atoms with Crippen molar-refractivity contribution in [3.05, 3.63) is 64.7 Å². The van der Waals surface area contributed by atoms with E-state index >= 15 is 0 Å². The van der Waals surface area contributed by atoms with E-state index in [9.17, 15) is 0 Å². The summed E-state index contributed by atoms with van der Waals surface area (Å²) in [6.07, 6.45) is 0.626. The smallest absolute Gasteiger partial charge is 0.119 e. The highest BCUT2D eigenvalue weighted by Crippen LogP contribution is 2.33. The van der Waals surface area contributed by atoms with Crippen LogP contribution in [0.25, 0.3) is 0 Å². The lowest BCUT2D eigenvalue weighted by Crippen LogP contribution is -2.40. The van der Waals surface area contributed by atoms with Crippen LogP contribution < -0.4 is 16.2 Å². The Morgan fingerprint density at radius 1 is 1.10 bits per heavy atom. The highest BCUT2D eigenvalue weighted by molar-refractivity contribution is 6.30. The van der Waals surface area contributed by atoms with Crippen molar-refractivity contribution in [1.29, 1.82) is 0 Å². The van der Waals surface area contributed by atoms with E-state index in [0.29, 0.717) is 18.0 Å². The number of methoxy groups -OCH3 is 1. The van der Waals surface area contributed by atoms with Gasteiger partial charge >= 0.3 is 0 Å². The van der Waals surface area contributed by atoms with Crippen LogP contribution in [0.15, 0.2) is 48.5 Å². The van der Waals surface area contributed by atoms with Crippen LogP contribution in [0.4, 0.5) is 0 Å². The molecule has 2 aromatic rings. The highest BCUT2D eigenvalue weighted by atomic mass is 35.5. The topological polar surface area (TPSA) is 61.3 Å².